The van der Waals surface area contributed by atoms with Gasteiger partial charge in [-0.3, -0.25) is 9.69 Å². The van der Waals surface area contributed by atoms with Gasteiger partial charge in [-0.1, -0.05) is 30.3 Å². The third kappa shape index (κ3) is 5.80. The largest absolute Gasteiger partial charge is 0.493 e. The number of nitrogens with zero attached hydrogens (tertiary/aromatic N) is 4. The van der Waals surface area contributed by atoms with E-state index in [1.807, 2.05) is 12.1 Å². The van der Waals surface area contributed by atoms with E-state index in [1.54, 1.807) is 21.1 Å². The van der Waals surface area contributed by atoms with Crippen molar-refractivity contribution in [3.05, 3.63) is 48.0 Å². The molecule has 3 heterocycles. The Morgan fingerprint density at radius 1 is 0.946 bits per heavy atom. The maximum atomic E-state index is 11.9. The number of hydrogen-bond acceptors (Lipinski definition) is 8. The summed E-state index contributed by atoms with van der Waals surface area (Å²) in [6.45, 7) is 6.32. The molecule has 2 aromatic carbocycles. The average molecular weight is 504 g/mol. The van der Waals surface area contributed by atoms with Crippen LogP contribution in [0.3, 0.4) is 0 Å². The van der Waals surface area contributed by atoms with Gasteiger partial charge in [-0.05, 0) is 44.2 Å². The van der Waals surface area contributed by atoms with Crippen molar-refractivity contribution < 1.29 is 14.3 Å². The number of hydrogen-bond donors (Lipinski definition) is 1. The topological polar surface area (TPSA) is 79.8 Å². The summed E-state index contributed by atoms with van der Waals surface area (Å²) in [4.78, 5) is 26.5. The lowest BCUT2D eigenvalue weighted by Gasteiger charge is -2.33. The number of benzene rings is 2. The average Bonchev–Trinajstić information content (AvgIpc) is 2.94. The van der Waals surface area contributed by atoms with E-state index in [9.17, 15) is 4.79 Å². The van der Waals surface area contributed by atoms with Crippen molar-refractivity contribution in [1.82, 2.24) is 14.9 Å². The molecule has 0 amide bonds. The molecule has 0 unspecified atom stereocenters. The van der Waals surface area contributed by atoms with Crippen LogP contribution in [0, 0.1) is 5.92 Å². The summed E-state index contributed by atoms with van der Waals surface area (Å²) in [6.07, 6.45) is 3.77. The smallest absolute Gasteiger partial charge is 0.227 e. The number of nitrogens with one attached hydrogen (secondary N) is 1. The first-order valence-corrected chi connectivity index (χ1v) is 13.3. The normalized spacial score (nSPS) is 17.6. The van der Waals surface area contributed by atoms with E-state index in [-0.39, 0.29) is 11.7 Å². The van der Waals surface area contributed by atoms with E-state index in [0.717, 1.165) is 75.1 Å². The Labute approximate surface area is 219 Å². The lowest BCUT2D eigenvalue weighted by atomic mass is 9.93. The van der Waals surface area contributed by atoms with Crippen molar-refractivity contribution in [3.63, 3.8) is 0 Å². The fourth-order valence-corrected chi connectivity index (χ4v) is 5.45. The maximum Gasteiger partial charge on any atom is 0.227 e. The van der Waals surface area contributed by atoms with Gasteiger partial charge in [-0.15, -0.1) is 0 Å². The van der Waals surface area contributed by atoms with Gasteiger partial charge in [0, 0.05) is 56.1 Å². The van der Waals surface area contributed by atoms with E-state index in [0.29, 0.717) is 23.5 Å². The molecule has 0 atom stereocenters. The Kier molecular flexibility index (Phi) is 7.74. The second kappa shape index (κ2) is 11.3. The molecular weight excluding hydrogens is 466 g/mol. The van der Waals surface area contributed by atoms with Crippen LogP contribution >= 0.6 is 0 Å². The molecule has 8 heteroatoms. The molecule has 1 aromatic heterocycles. The summed E-state index contributed by atoms with van der Waals surface area (Å²) < 4.78 is 11.1. The zero-order valence-electron chi connectivity index (χ0n) is 22.1. The third-order valence-electron chi connectivity index (χ3n) is 7.72. The second-order valence-electron chi connectivity index (χ2n) is 10.1. The zero-order chi connectivity index (χ0) is 25.8. The van der Waals surface area contributed by atoms with Crippen LogP contribution in [0.5, 0.6) is 11.5 Å². The van der Waals surface area contributed by atoms with Crippen LogP contribution in [-0.4, -0.2) is 67.1 Å². The van der Waals surface area contributed by atoms with E-state index in [1.165, 1.54) is 5.56 Å². The predicted molar refractivity (Wildman–Crippen MR) is 147 cm³/mol. The number of aromatic nitrogens is 2. The van der Waals surface area contributed by atoms with Crippen molar-refractivity contribution in [2.75, 3.05) is 50.6 Å². The Bertz CT molecular complexity index is 1220. The summed E-state index contributed by atoms with van der Waals surface area (Å²) >= 11 is 0. The number of carbonyl (C=O) groups excluding carboxylic acids is 1. The van der Waals surface area contributed by atoms with E-state index in [4.69, 9.17) is 19.4 Å². The maximum absolute atomic E-state index is 11.9. The number of ketones is 1. The first kappa shape index (κ1) is 25.3. The predicted octanol–water partition coefficient (Wildman–Crippen LogP) is 4.53. The van der Waals surface area contributed by atoms with Gasteiger partial charge in [0.2, 0.25) is 5.95 Å². The zero-order valence-corrected chi connectivity index (χ0v) is 22.1. The highest BCUT2D eigenvalue weighted by atomic mass is 16.5. The standard InChI is InChI=1S/C29H37N5O3/c1-20(35)22-9-15-34(16-10-22)29-31-25-18-27(37-3)26(36-2)17-24(25)28(32-29)30-23-11-13-33(14-12-23)19-21-7-5-4-6-8-21/h4-8,17-18,22-23H,9-16,19H2,1-3H3,(H,30,31,32). The molecule has 3 aromatic rings. The van der Waals surface area contributed by atoms with E-state index in [2.05, 4.69) is 45.4 Å². The highest BCUT2D eigenvalue weighted by molar-refractivity contribution is 5.93. The molecule has 196 valence electrons. The van der Waals surface area contributed by atoms with Crippen LogP contribution < -0.4 is 19.7 Å². The van der Waals surface area contributed by atoms with Crippen molar-refractivity contribution in [2.24, 2.45) is 5.92 Å². The van der Waals surface area contributed by atoms with Crippen molar-refractivity contribution in [3.8, 4) is 11.5 Å². The summed E-state index contributed by atoms with van der Waals surface area (Å²) in [6, 6.07) is 14.9. The van der Waals surface area contributed by atoms with Gasteiger partial charge in [0.1, 0.15) is 11.6 Å². The first-order valence-electron chi connectivity index (χ1n) is 13.3. The molecule has 2 saturated heterocycles. The van der Waals surface area contributed by atoms with E-state index < -0.39 is 0 Å². The van der Waals surface area contributed by atoms with Crippen molar-refractivity contribution in [1.29, 1.82) is 0 Å². The number of ether oxygens (including phenoxy) is 2. The molecule has 0 radical (unpaired) electrons. The lowest BCUT2D eigenvalue weighted by molar-refractivity contribution is -0.121. The molecule has 0 bridgehead atoms. The van der Waals surface area contributed by atoms with Crippen LogP contribution in [0.25, 0.3) is 10.9 Å². The molecule has 5 rings (SSSR count). The fourth-order valence-electron chi connectivity index (χ4n) is 5.45. The number of carbonyl (C=O) groups is 1. The van der Waals surface area contributed by atoms with Crippen LogP contribution in [-0.2, 0) is 11.3 Å². The van der Waals surface area contributed by atoms with Crippen molar-refractivity contribution >= 4 is 28.5 Å². The SMILES string of the molecule is COc1cc2nc(N3CCC(C(C)=O)CC3)nc(NC3CCN(Cc4ccccc4)CC3)c2cc1OC. The first-order chi connectivity index (χ1) is 18.0. The minimum absolute atomic E-state index is 0.139. The van der Waals surface area contributed by atoms with Gasteiger partial charge in [-0.25, -0.2) is 4.98 Å². The molecule has 8 nitrogen and oxygen atoms in total. The minimum Gasteiger partial charge on any atom is -0.493 e. The Morgan fingerprint density at radius 2 is 1.62 bits per heavy atom. The van der Waals surface area contributed by atoms with Crippen LogP contribution in [0.4, 0.5) is 11.8 Å². The lowest BCUT2D eigenvalue weighted by Crippen LogP contribution is -2.39. The van der Waals surface area contributed by atoms with Gasteiger partial charge >= 0.3 is 0 Å². The molecule has 0 saturated carbocycles. The van der Waals surface area contributed by atoms with Crippen LogP contribution in [0.2, 0.25) is 0 Å². The molecular formula is C29H37N5O3. The number of rotatable bonds is 8. The second-order valence-corrected chi connectivity index (χ2v) is 10.1. The number of fused-ring (bicyclic) bond motifs is 1. The molecule has 0 aliphatic carbocycles. The van der Waals surface area contributed by atoms with Crippen LogP contribution in [0.15, 0.2) is 42.5 Å². The summed E-state index contributed by atoms with van der Waals surface area (Å²) in [7, 11) is 3.29. The fraction of sp³-hybridized carbons (Fsp3) is 0.483. The Morgan fingerprint density at radius 3 is 2.27 bits per heavy atom. The van der Waals surface area contributed by atoms with Gasteiger partial charge < -0.3 is 19.7 Å². The number of anilines is 2. The van der Waals surface area contributed by atoms with Gasteiger partial charge in [-0.2, -0.15) is 4.98 Å². The van der Waals surface area contributed by atoms with Crippen LogP contribution in [0.1, 0.15) is 38.2 Å². The molecule has 2 fully saturated rings. The van der Waals surface area contributed by atoms with E-state index >= 15 is 0 Å². The highest BCUT2D eigenvalue weighted by Gasteiger charge is 2.26. The molecule has 0 spiro atoms. The van der Waals surface area contributed by atoms with Crippen molar-refractivity contribution in [2.45, 2.75) is 45.2 Å². The van der Waals surface area contributed by atoms with Gasteiger partial charge in [0.05, 0.1) is 19.7 Å². The van der Waals surface area contributed by atoms with Gasteiger partial charge in [0.25, 0.3) is 0 Å². The molecule has 37 heavy (non-hydrogen) atoms. The number of piperidine rings is 2. The summed E-state index contributed by atoms with van der Waals surface area (Å²) in [5, 5.41) is 4.67. The Balaban J connectivity index is 1.37. The number of Topliss-reactive ketones (excluding diaryl/α,β-unsaturated/α-hetero) is 1. The van der Waals surface area contributed by atoms with Gasteiger partial charge in [0.15, 0.2) is 11.5 Å². The summed E-state index contributed by atoms with van der Waals surface area (Å²) in [5.74, 6) is 3.25. The molecule has 2 aliphatic rings. The summed E-state index contributed by atoms with van der Waals surface area (Å²) in [5.41, 5.74) is 2.18. The number of likely N-dealkylation sites (tertiary alicyclic amines) is 1. The number of methoxy groups -OCH3 is 2. The quantitative estimate of drug-likeness (QED) is 0.480. The third-order valence-corrected chi connectivity index (χ3v) is 7.72. The minimum atomic E-state index is 0.139. The molecule has 2 aliphatic heterocycles. The Hall–Kier alpha value is -3.39. The molecule has 1 N–H and O–H groups in total. The highest BCUT2D eigenvalue weighted by Crippen LogP contribution is 2.36. The monoisotopic (exact) mass is 503 g/mol.